The van der Waals surface area contributed by atoms with Gasteiger partial charge in [-0.15, -0.1) is 11.3 Å². The number of nitrogens with one attached hydrogen (secondary N) is 1. The number of nitrogens with zero attached hydrogens (tertiary/aromatic N) is 2. The van der Waals surface area contributed by atoms with Crippen LogP contribution in [0.2, 0.25) is 0 Å². The smallest absolute Gasteiger partial charge is 0.274 e. The van der Waals surface area contributed by atoms with Crippen molar-refractivity contribution in [3.63, 3.8) is 0 Å². The fourth-order valence-electron chi connectivity index (χ4n) is 3.48. The fraction of sp³-hybridized carbons (Fsp3) is 0.350. The Morgan fingerprint density at radius 2 is 2.04 bits per heavy atom. The summed E-state index contributed by atoms with van der Waals surface area (Å²) >= 11 is 1.53. The number of carbonyl (C=O) groups excluding carboxylic acids is 1. The Kier molecular flexibility index (Phi) is 4.72. The van der Waals surface area contributed by atoms with Crippen LogP contribution in [0.5, 0.6) is 0 Å². The highest BCUT2D eigenvalue weighted by atomic mass is 32.1. The first-order valence-electron chi connectivity index (χ1n) is 8.90. The third-order valence-electron chi connectivity index (χ3n) is 4.86. The van der Waals surface area contributed by atoms with Crippen LogP contribution in [0.3, 0.4) is 0 Å². The molecular weight excluding hydrogens is 346 g/mol. The fourth-order valence-corrected chi connectivity index (χ4v) is 4.72. The SMILES string of the molecule is N#Cc1c(NC(=O)C2=NO[C@@H](c3ccccc3)C2)sc2c1CCCCC2. The minimum atomic E-state index is -0.281. The topological polar surface area (TPSA) is 74.5 Å². The molecule has 0 spiro atoms. The maximum Gasteiger partial charge on any atom is 0.274 e. The van der Waals surface area contributed by atoms with Crippen LogP contribution in [-0.4, -0.2) is 11.6 Å². The van der Waals surface area contributed by atoms with E-state index in [0.29, 0.717) is 22.7 Å². The average Bonchev–Trinajstić information content (AvgIpc) is 3.21. The van der Waals surface area contributed by atoms with E-state index in [1.54, 1.807) is 0 Å². The molecule has 0 fully saturated rings. The number of hydrogen-bond acceptors (Lipinski definition) is 5. The lowest BCUT2D eigenvalue weighted by Crippen LogP contribution is -2.21. The van der Waals surface area contributed by atoms with Crippen LogP contribution in [0, 0.1) is 11.3 Å². The number of benzene rings is 1. The molecule has 2 aliphatic rings. The second kappa shape index (κ2) is 7.30. The summed E-state index contributed by atoms with van der Waals surface area (Å²) in [5.41, 5.74) is 3.11. The molecule has 0 saturated heterocycles. The van der Waals surface area contributed by atoms with Crippen LogP contribution in [-0.2, 0) is 22.5 Å². The van der Waals surface area contributed by atoms with Crippen LogP contribution in [0.4, 0.5) is 5.00 Å². The Hall–Kier alpha value is -2.65. The number of thiophene rings is 1. The van der Waals surface area contributed by atoms with Crippen molar-refractivity contribution >= 4 is 28.0 Å². The lowest BCUT2D eigenvalue weighted by Gasteiger charge is -2.07. The summed E-state index contributed by atoms with van der Waals surface area (Å²) in [6.07, 6.45) is 5.56. The molecule has 2 heterocycles. The maximum absolute atomic E-state index is 12.6. The van der Waals surface area contributed by atoms with Gasteiger partial charge in [0.2, 0.25) is 0 Å². The minimum absolute atomic E-state index is 0.229. The molecule has 1 atom stereocenters. The molecule has 1 N–H and O–H groups in total. The molecule has 1 aliphatic heterocycles. The van der Waals surface area contributed by atoms with E-state index < -0.39 is 0 Å². The van der Waals surface area contributed by atoms with Crippen molar-refractivity contribution < 1.29 is 9.63 Å². The molecule has 1 amide bonds. The normalized spacial score (nSPS) is 18.9. The van der Waals surface area contributed by atoms with Gasteiger partial charge in [0.15, 0.2) is 6.10 Å². The second-order valence-electron chi connectivity index (χ2n) is 6.58. The molecule has 1 aliphatic carbocycles. The van der Waals surface area contributed by atoms with Gasteiger partial charge in [-0.05, 0) is 36.8 Å². The van der Waals surface area contributed by atoms with E-state index in [4.69, 9.17) is 4.84 Å². The summed E-state index contributed by atoms with van der Waals surface area (Å²) in [4.78, 5) is 19.3. The zero-order chi connectivity index (χ0) is 17.9. The molecule has 0 saturated carbocycles. The predicted octanol–water partition coefficient (Wildman–Crippen LogP) is 4.34. The van der Waals surface area contributed by atoms with Crippen LogP contribution in [0.15, 0.2) is 35.5 Å². The van der Waals surface area contributed by atoms with Crippen molar-refractivity contribution in [3.05, 3.63) is 51.9 Å². The maximum atomic E-state index is 12.6. The van der Waals surface area contributed by atoms with E-state index in [1.807, 2.05) is 30.3 Å². The van der Waals surface area contributed by atoms with Gasteiger partial charge in [0.25, 0.3) is 5.91 Å². The van der Waals surface area contributed by atoms with E-state index in [-0.39, 0.29) is 12.0 Å². The number of hydrogen-bond donors (Lipinski definition) is 1. The van der Waals surface area contributed by atoms with Crippen molar-refractivity contribution in [1.29, 1.82) is 5.26 Å². The summed E-state index contributed by atoms with van der Waals surface area (Å²) < 4.78 is 0. The molecule has 0 unspecified atom stereocenters. The minimum Gasteiger partial charge on any atom is -0.387 e. The van der Waals surface area contributed by atoms with Crippen molar-refractivity contribution in [3.8, 4) is 6.07 Å². The van der Waals surface area contributed by atoms with E-state index >= 15 is 0 Å². The van der Waals surface area contributed by atoms with Crippen molar-refractivity contribution in [2.45, 2.75) is 44.6 Å². The third kappa shape index (κ3) is 3.23. The van der Waals surface area contributed by atoms with Gasteiger partial charge in [0.1, 0.15) is 16.8 Å². The molecule has 6 heteroatoms. The summed E-state index contributed by atoms with van der Waals surface area (Å²) in [6, 6.07) is 12.0. The number of amides is 1. The van der Waals surface area contributed by atoms with Crippen LogP contribution in [0.25, 0.3) is 0 Å². The molecular formula is C20H19N3O2S. The van der Waals surface area contributed by atoms with Gasteiger partial charge in [0, 0.05) is 11.3 Å². The van der Waals surface area contributed by atoms with Crippen molar-refractivity contribution in [2.75, 3.05) is 5.32 Å². The molecule has 0 bridgehead atoms. The molecule has 5 nitrogen and oxygen atoms in total. The quantitative estimate of drug-likeness (QED) is 0.822. The van der Waals surface area contributed by atoms with E-state index in [1.165, 1.54) is 22.6 Å². The molecule has 1 aromatic heterocycles. The number of anilines is 1. The monoisotopic (exact) mass is 365 g/mol. The largest absolute Gasteiger partial charge is 0.387 e. The highest BCUT2D eigenvalue weighted by Crippen LogP contribution is 2.37. The van der Waals surface area contributed by atoms with Crippen LogP contribution in [0.1, 0.15) is 53.4 Å². The molecule has 4 rings (SSSR count). The van der Waals surface area contributed by atoms with Gasteiger partial charge in [-0.1, -0.05) is 41.9 Å². The first-order valence-corrected chi connectivity index (χ1v) is 9.71. The highest BCUT2D eigenvalue weighted by Gasteiger charge is 2.29. The highest BCUT2D eigenvalue weighted by molar-refractivity contribution is 7.16. The van der Waals surface area contributed by atoms with Crippen LogP contribution >= 0.6 is 11.3 Å². The Bertz CT molecular complexity index is 896. The molecule has 2 aromatic rings. The second-order valence-corrected chi connectivity index (χ2v) is 7.69. The standard InChI is InChI=1S/C20H19N3O2S/c21-12-15-14-9-5-2-6-10-18(14)26-20(15)22-19(24)16-11-17(25-23-16)13-7-3-1-4-8-13/h1,3-4,7-8,17H,2,5-6,9-11H2,(H,22,24)/t17-/m1/s1. The van der Waals surface area contributed by atoms with Gasteiger partial charge in [-0.2, -0.15) is 5.26 Å². The van der Waals surface area contributed by atoms with Gasteiger partial charge in [-0.3, -0.25) is 4.79 Å². The molecule has 1 aromatic carbocycles. The predicted molar refractivity (Wildman–Crippen MR) is 101 cm³/mol. The lowest BCUT2D eigenvalue weighted by molar-refractivity contribution is -0.110. The summed E-state index contributed by atoms with van der Waals surface area (Å²) in [5.74, 6) is -0.281. The van der Waals surface area contributed by atoms with Crippen molar-refractivity contribution in [1.82, 2.24) is 0 Å². The van der Waals surface area contributed by atoms with Gasteiger partial charge in [-0.25, -0.2) is 0 Å². The lowest BCUT2D eigenvalue weighted by atomic mass is 10.0. The van der Waals surface area contributed by atoms with Gasteiger partial charge in [0.05, 0.1) is 5.56 Å². The number of carbonyl (C=O) groups is 1. The summed E-state index contributed by atoms with van der Waals surface area (Å²) in [5, 5.41) is 17.1. The number of aryl methyl sites for hydroxylation is 1. The van der Waals surface area contributed by atoms with Gasteiger partial charge >= 0.3 is 0 Å². The number of rotatable bonds is 3. The Morgan fingerprint density at radius 3 is 2.85 bits per heavy atom. The van der Waals surface area contributed by atoms with E-state index in [0.717, 1.165) is 36.8 Å². The van der Waals surface area contributed by atoms with Crippen LogP contribution < -0.4 is 5.32 Å². The first-order chi connectivity index (χ1) is 12.8. The van der Waals surface area contributed by atoms with Gasteiger partial charge < -0.3 is 10.2 Å². The van der Waals surface area contributed by atoms with E-state index in [9.17, 15) is 10.1 Å². The molecule has 0 radical (unpaired) electrons. The molecule has 132 valence electrons. The zero-order valence-corrected chi connectivity index (χ0v) is 15.1. The Morgan fingerprint density at radius 1 is 1.23 bits per heavy atom. The first kappa shape index (κ1) is 16.8. The summed E-state index contributed by atoms with van der Waals surface area (Å²) in [7, 11) is 0. The molecule has 26 heavy (non-hydrogen) atoms. The number of oxime groups is 1. The average molecular weight is 365 g/mol. The van der Waals surface area contributed by atoms with E-state index in [2.05, 4.69) is 16.5 Å². The van der Waals surface area contributed by atoms with Crippen molar-refractivity contribution in [2.24, 2.45) is 5.16 Å². The Labute approximate surface area is 156 Å². The third-order valence-corrected chi connectivity index (χ3v) is 6.07. The number of fused-ring (bicyclic) bond motifs is 1. The Balaban J connectivity index is 1.48. The summed E-state index contributed by atoms with van der Waals surface area (Å²) in [6.45, 7) is 0. The zero-order valence-electron chi connectivity index (χ0n) is 14.3. The number of nitriles is 1.